The average molecular weight is 408 g/mol. The zero-order valence-electron chi connectivity index (χ0n) is 18.9. The fraction of sp³-hybridized carbons (Fsp3) is 0.875. The molecule has 1 aromatic heterocycles. The molecular weight excluding hydrogens is 362 g/mol. The van der Waals surface area contributed by atoms with Crippen LogP contribution < -0.4 is 0 Å². The van der Waals surface area contributed by atoms with Crippen molar-refractivity contribution in [3.63, 3.8) is 0 Å². The number of hydrogen-bond donors (Lipinski definition) is 1. The van der Waals surface area contributed by atoms with Crippen molar-refractivity contribution in [1.82, 2.24) is 15.0 Å². The number of unbranched alkanes of at least 4 members (excludes halogenated alkanes) is 17. The minimum atomic E-state index is -0.657. The molecule has 5 nitrogen and oxygen atoms in total. The van der Waals surface area contributed by atoms with Crippen molar-refractivity contribution in [3.05, 3.63) is 11.9 Å². The first-order chi connectivity index (χ1) is 14.2. The predicted octanol–water partition coefficient (Wildman–Crippen LogP) is 6.85. The topological polar surface area (TPSA) is 68.0 Å². The Labute approximate surface area is 178 Å². The summed E-state index contributed by atoms with van der Waals surface area (Å²) in [4.78, 5) is 10.4. The fourth-order valence-corrected chi connectivity index (χ4v) is 3.92. The van der Waals surface area contributed by atoms with Gasteiger partial charge < -0.3 is 5.11 Å². The van der Waals surface area contributed by atoms with Crippen LogP contribution in [0.4, 0.5) is 0 Å². The second kappa shape index (κ2) is 18.6. The lowest BCUT2D eigenvalue weighted by Crippen LogP contribution is -1.93. The minimum Gasteiger partial charge on any atom is -0.481 e. The van der Waals surface area contributed by atoms with E-state index in [0.29, 0.717) is 6.42 Å². The molecule has 0 atom stereocenters. The van der Waals surface area contributed by atoms with Gasteiger partial charge in [-0.3, -0.25) is 9.48 Å². The lowest BCUT2D eigenvalue weighted by Gasteiger charge is -2.04. The first-order valence-electron chi connectivity index (χ1n) is 12.3. The van der Waals surface area contributed by atoms with E-state index in [2.05, 4.69) is 10.3 Å². The predicted molar refractivity (Wildman–Crippen MR) is 120 cm³/mol. The Morgan fingerprint density at radius 3 is 1.45 bits per heavy atom. The number of aromatic nitrogens is 3. The van der Waals surface area contributed by atoms with E-state index >= 15 is 0 Å². The summed E-state index contributed by atoms with van der Waals surface area (Å²) in [5.74, 6) is -0.657. The van der Waals surface area contributed by atoms with Gasteiger partial charge in [-0.15, -0.1) is 5.10 Å². The summed E-state index contributed by atoms with van der Waals surface area (Å²) in [5, 5.41) is 16.7. The highest BCUT2D eigenvalue weighted by atomic mass is 16.4. The molecule has 0 aliphatic rings. The number of carbonyl (C=O) groups is 1. The van der Waals surface area contributed by atoms with E-state index in [4.69, 9.17) is 5.11 Å². The van der Waals surface area contributed by atoms with Crippen LogP contribution in [0.2, 0.25) is 0 Å². The van der Waals surface area contributed by atoms with Gasteiger partial charge >= 0.3 is 5.97 Å². The molecule has 5 heteroatoms. The Kier molecular flexibility index (Phi) is 16.5. The van der Waals surface area contributed by atoms with E-state index in [1.807, 2.05) is 13.2 Å². The molecule has 0 unspecified atom stereocenters. The standard InChI is InChI=1S/C24H45N3O2/c1-27-22-23(25-26-27)20-18-16-14-12-10-8-6-4-2-3-5-7-9-11-13-15-17-19-21-24(28)29/h22H,2-21H2,1H3,(H,28,29). The van der Waals surface area contributed by atoms with Gasteiger partial charge in [-0.2, -0.15) is 0 Å². The highest BCUT2D eigenvalue weighted by molar-refractivity contribution is 5.66. The van der Waals surface area contributed by atoms with Gasteiger partial charge in [-0.05, 0) is 19.3 Å². The zero-order valence-corrected chi connectivity index (χ0v) is 18.9. The molecule has 0 saturated carbocycles. The third-order valence-corrected chi connectivity index (χ3v) is 5.72. The lowest BCUT2D eigenvalue weighted by molar-refractivity contribution is -0.137. The molecule has 0 radical (unpaired) electrons. The smallest absolute Gasteiger partial charge is 0.303 e. The second-order valence-electron chi connectivity index (χ2n) is 8.64. The Bertz CT molecular complexity index is 502. The van der Waals surface area contributed by atoms with Crippen molar-refractivity contribution in [2.75, 3.05) is 0 Å². The number of rotatable bonds is 21. The molecular formula is C24H45N3O2. The van der Waals surface area contributed by atoms with Crippen molar-refractivity contribution in [3.8, 4) is 0 Å². The highest BCUT2D eigenvalue weighted by Gasteiger charge is 1.99. The van der Waals surface area contributed by atoms with Crippen molar-refractivity contribution < 1.29 is 9.90 Å². The summed E-state index contributed by atoms with van der Waals surface area (Å²) < 4.78 is 1.78. The molecule has 0 spiro atoms. The summed E-state index contributed by atoms with van der Waals surface area (Å²) in [7, 11) is 1.92. The Morgan fingerprint density at radius 2 is 1.10 bits per heavy atom. The van der Waals surface area contributed by atoms with Crippen LogP contribution in [0, 0.1) is 0 Å². The van der Waals surface area contributed by atoms with E-state index in [-0.39, 0.29) is 0 Å². The third-order valence-electron chi connectivity index (χ3n) is 5.72. The average Bonchev–Trinajstić information content (AvgIpc) is 3.11. The molecule has 0 fully saturated rings. The van der Waals surface area contributed by atoms with Gasteiger partial charge in [0.15, 0.2) is 0 Å². The van der Waals surface area contributed by atoms with Gasteiger partial charge in [-0.25, -0.2) is 0 Å². The molecule has 0 aliphatic carbocycles. The summed E-state index contributed by atoms with van der Waals surface area (Å²) in [5.41, 5.74) is 1.13. The third kappa shape index (κ3) is 17.2. The number of nitrogens with zero attached hydrogens (tertiary/aromatic N) is 3. The number of hydrogen-bond acceptors (Lipinski definition) is 3. The first kappa shape index (κ1) is 25.6. The summed E-state index contributed by atoms with van der Waals surface area (Å²) in [6.07, 6.45) is 27.0. The van der Waals surface area contributed by atoms with E-state index < -0.39 is 5.97 Å². The lowest BCUT2D eigenvalue weighted by atomic mass is 10.0. The zero-order chi connectivity index (χ0) is 21.0. The van der Waals surface area contributed by atoms with Crippen LogP contribution in [-0.4, -0.2) is 26.1 Å². The molecule has 168 valence electrons. The quantitative estimate of drug-likeness (QED) is 0.226. The number of carboxylic acids is 1. The van der Waals surface area contributed by atoms with Crippen LogP contribution in [0.25, 0.3) is 0 Å². The maximum atomic E-state index is 10.4. The van der Waals surface area contributed by atoms with Crippen LogP contribution in [0.15, 0.2) is 6.20 Å². The number of aryl methyl sites for hydroxylation is 2. The molecule has 0 aliphatic heterocycles. The SMILES string of the molecule is Cn1cc(CCCCCCCCCCCCCCCCCCCCC(=O)O)nn1. The van der Waals surface area contributed by atoms with E-state index in [9.17, 15) is 4.79 Å². The minimum absolute atomic E-state index is 0.338. The Morgan fingerprint density at radius 1 is 0.724 bits per heavy atom. The van der Waals surface area contributed by atoms with Crippen molar-refractivity contribution in [2.24, 2.45) is 7.05 Å². The van der Waals surface area contributed by atoms with Crippen LogP contribution in [0.3, 0.4) is 0 Å². The van der Waals surface area contributed by atoms with Crippen LogP contribution in [0.1, 0.15) is 128 Å². The van der Waals surface area contributed by atoms with E-state index in [1.165, 1.54) is 103 Å². The van der Waals surface area contributed by atoms with Crippen molar-refractivity contribution in [2.45, 2.75) is 128 Å². The fourth-order valence-electron chi connectivity index (χ4n) is 3.92. The van der Waals surface area contributed by atoms with Gasteiger partial charge in [0.2, 0.25) is 0 Å². The molecule has 0 saturated heterocycles. The monoisotopic (exact) mass is 407 g/mol. The van der Waals surface area contributed by atoms with Gasteiger partial charge in [0, 0.05) is 19.7 Å². The molecule has 0 amide bonds. The molecule has 0 bridgehead atoms. The van der Waals surface area contributed by atoms with Gasteiger partial charge in [0.25, 0.3) is 0 Å². The van der Waals surface area contributed by atoms with E-state index in [0.717, 1.165) is 25.0 Å². The summed E-state index contributed by atoms with van der Waals surface area (Å²) in [6, 6.07) is 0. The highest BCUT2D eigenvalue weighted by Crippen LogP contribution is 2.15. The van der Waals surface area contributed by atoms with Crippen molar-refractivity contribution >= 4 is 5.97 Å². The molecule has 1 aromatic rings. The number of aliphatic carboxylic acids is 1. The van der Waals surface area contributed by atoms with Gasteiger partial charge in [-0.1, -0.05) is 108 Å². The van der Waals surface area contributed by atoms with Crippen molar-refractivity contribution in [1.29, 1.82) is 0 Å². The normalized spacial score (nSPS) is 11.2. The maximum absolute atomic E-state index is 10.4. The first-order valence-corrected chi connectivity index (χ1v) is 12.3. The van der Waals surface area contributed by atoms with Gasteiger partial charge in [0.1, 0.15) is 0 Å². The van der Waals surface area contributed by atoms with Crippen LogP contribution in [-0.2, 0) is 18.3 Å². The Hall–Kier alpha value is -1.39. The van der Waals surface area contributed by atoms with Crippen LogP contribution >= 0.6 is 0 Å². The molecule has 1 N–H and O–H groups in total. The molecule has 1 rings (SSSR count). The Balaban J connectivity index is 1.67. The summed E-state index contributed by atoms with van der Waals surface area (Å²) in [6.45, 7) is 0. The largest absolute Gasteiger partial charge is 0.481 e. The molecule has 29 heavy (non-hydrogen) atoms. The van der Waals surface area contributed by atoms with Gasteiger partial charge in [0.05, 0.1) is 5.69 Å². The van der Waals surface area contributed by atoms with Crippen LogP contribution in [0.5, 0.6) is 0 Å². The maximum Gasteiger partial charge on any atom is 0.303 e. The summed E-state index contributed by atoms with van der Waals surface area (Å²) >= 11 is 0. The molecule has 1 heterocycles. The van der Waals surface area contributed by atoms with E-state index in [1.54, 1.807) is 4.68 Å². The second-order valence-corrected chi connectivity index (χ2v) is 8.64. The molecule has 0 aromatic carbocycles. The number of carboxylic acid groups (broad SMARTS) is 1.